The van der Waals surface area contributed by atoms with E-state index in [1.807, 2.05) is 30.4 Å². The van der Waals surface area contributed by atoms with Gasteiger partial charge in [0.05, 0.1) is 0 Å². The van der Waals surface area contributed by atoms with E-state index in [1.54, 1.807) is 6.07 Å². The largest absolute Gasteiger partial charge is 0.298 e. The molecule has 0 saturated heterocycles. The maximum absolute atomic E-state index is 10.6. The number of aldehydes is 1. The zero-order valence-corrected chi connectivity index (χ0v) is 9.76. The van der Waals surface area contributed by atoms with Crippen LogP contribution in [0.1, 0.15) is 27.0 Å². The number of aryl methyl sites for hydroxylation is 1. The SMILES string of the molecule is Cc1ccc(/C=C/c2cccc(C=O)c2)cc1. The van der Waals surface area contributed by atoms with Gasteiger partial charge in [0.2, 0.25) is 0 Å². The number of carbonyl (C=O) groups is 1. The van der Waals surface area contributed by atoms with Gasteiger partial charge in [0.15, 0.2) is 0 Å². The highest BCUT2D eigenvalue weighted by atomic mass is 16.1. The van der Waals surface area contributed by atoms with Crippen LogP contribution in [-0.4, -0.2) is 6.29 Å². The second-order valence-corrected chi connectivity index (χ2v) is 4.03. The lowest BCUT2D eigenvalue weighted by molar-refractivity contribution is 0.112. The van der Waals surface area contributed by atoms with Crippen LogP contribution >= 0.6 is 0 Å². The number of benzene rings is 2. The van der Waals surface area contributed by atoms with Crippen LogP contribution < -0.4 is 0 Å². The van der Waals surface area contributed by atoms with Crippen LogP contribution in [0.15, 0.2) is 48.5 Å². The molecule has 0 fully saturated rings. The van der Waals surface area contributed by atoms with Crippen LogP contribution in [0.2, 0.25) is 0 Å². The molecule has 0 saturated carbocycles. The molecule has 0 aliphatic carbocycles. The normalized spacial score (nSPS) is 10.6. The fourth-order valence-electron chi connectivity index (χ4n) is 1.61. The van der Waals surface area contributed by atoms with E-state index in [4.69, 9.17) is 0 Å². The number of carbonyl (C=O) groups excluding carboxylic acids is 1. The number of hydrogen-bond acceptors (Lipinski definition) is 1. The minimum Gasteiger partial charge on any atom is -0.298 e. The van der Waals surface area contributed by atoms with E-state index >= 15 is 0 Å². The smallest absolute Gasteiger partial charge is 0.150 e. The van der Waals surface area contributed by atoms with Crippen molar-refractivity contribution in [1.29, 1.82) is 0 Å². The predicted octanol–water partition coefficient (Wildman–Crippen LogP) is 3.98. The highest BCUT2D eigenvalue weighted by molar-refractivity contribution is 5.78. The van der Waals surface area contributed by atoms with E-state index in [2.05, 4.69) is 31.2 Å². The third-order valence-electron chi connectivity index (χ3n) is 2.59. The van der Waals surface area contributed by atoms with E-state index < -0.39 is 0 Å². The molecule has 0 atom stereocenters. The Hall–Kier alpha value is -2.15. The van der Waals surface area contributed by atoms with Crippen molar-refractivity contribution in [3.8, 4) is 0 Å². The molecule has 0 unspecified atom stereocenters. The van der Waals surface area contributed by atoms with Crippen molar-refractivity contribution in [2.45, 2.75) is 6.92 Å². The molecule has 0 spiro atoms. The molecule has 17 heavy (non-hydrogen) atoms. The molecule has 1 heteroatoms. The topological polar surface area (TPSA) is 17.1 Å². The molecule has 0 N–H and O–H groups in total. The first-order valence-electron chi connectivity index (χ1n) is 5.58. The summed E-state index contributed by atoms with van der Waals surface area (Å²) in [6.45, 7) is 2.07. The molecular weight excluding hydrogens is 208 g/mol. The summed E-state index contributed by atoms with van der Waals surface area (Å²) < 4.78 is 0. The predicted molar refractivity (Wildman–Crippen MR) is 71.9 cm³/mol. The molecule has 0 heterocycles. The summed E-state index contributed by atoms with van der Waals surface area (Å²) in [6.07, 6.45) is 4.92. The van der Waals surface area contributed by atoms with E-state index in [1.165, 1.54) is 5.56 Å². The first-order valence-corrected chi connectivity index (χ1v) is 5.58. The van der Waals surface area contributed by atoms with Crippen LogP contribution in [0.3, 0.4) is 0 Å². The molecular formula is C16H14O. The maximum Gasteiger partial charge on any atom is 0.150 e. The summed E-state index contributed by atoms with van der Waals surface area (Å²) in [5.41, 5.74) is 4.16. The maximum atomic E-state index is 10.6. The molecule has 0 bridgehead atoms. The molecule has 0 aliphatic rings. The Kier molecular flexibility index (Phi) is 3.51. The summed E-state index contributed by atoms with van der Waals surface area (Å²) in [6, 6.07) is 15.9. The van der Waals surface area contributed by atoms with Gasteiger partial charge in [0.1, 0.15) is 6.29 Å². The van der Waals surface area contributed by atoms with Gasteiger partial charge >= 0.3 is 0 Å². The molecule has 0 radical (unpaired) electrons. The van der Waals surface area contributed by atoms with Crippen LogP contribution in [0.4, 0.5) is 0 Å². The minimum absolute atomic E-state index is 0.705. The lowest BCUT2D eigenvalue weighted by atomic mass is 10.1. The quantitative estimate of drug-likeness (QED) is 0.567. The second-order valence-electron chi connectivity index (χ2n) is 4.03. The van der Waals surface area contributed by atoms with E-state index in [-0.39, 0.29) is 0 Å². The van der Waals surface area contributed by atoms with Crippen LogP contribution in [0, 0.1) is 6.92 Å². The molecule has 0 aromatic heterocycles. The minimum atomic E-state index is 0.705. The fraction of sp³-hybridized carbons (Fsp3) is 0.0625. The van der Waals surface area contributed by atoms with Crippen LogP contribution in [-0.2, 0) is 0 Å². The Morgan fingerprint density at radius 3 is 2.18 bits per heavy atom. The van der Waals surface area contributed by atoms with Crippen molar-refractivity contribution < 1.29 is 4.79 Å². The Bertz CT molecular complexity index is 536. The van der Waals surface area contributed by atoms with Crippen molar-refractivity contribution in [2.75, 3.05) is 0 Å². The third-order valence-corrected chi connectivity index (χ3v) is 2.59. The second kappa shape index (κ2) is 5.26. The van der Waals surface area contributed by atoms with Crippen LogP contribution in [0.5, 0.6) is 0 Å². The van der Waals surface area contributed by atoms with Crippen molar-refractivity contribution in [3.05, 3.63) is 70.8 Å². The van der Waals surface area contributed by atoms with Gasteiger partial charge in [0.25, 0.3) is 0 Å². The molecule has 2 rings (SSSR count). The van der Waals surface area contributed by atoms with Crippen LogP contribution in [0.25, 0.3) is 12.2 Å². The van der Waals surface area contributed by atoms with Gasteiger partial charge in [-0.1, -0.05) is 60.2 Å². The van der Waals surface area contributed by atoms with Gasteiger partial charge in [-0.15, -0.1) is 0 Å². The van der Waals surface area contributed by atoms with Gasteiger partial charge in [-0.25, -0.2) is 0 Å². The van der Waals surface area contributed by atoms with Gasteiger partial charge in [-0.05, 0) is 24.1 Å². The summed E-state index contributed by atoms with van der Waals surface area (Å²) in [4.78, 5) is 10.6. The molecule has 84 valence electrons. The zero-order valence-electron chi connectivity index (χ0n) is 9.76. The molecule has 2 aromatic rings. The summed E-state index contributed by atoms with van der Waals surface area (Å²) in [5.74, 6) is 0. The fourth-order valence-corrected chi connectivity index (χ4v) is 1.61. The van der Waals surface area contributed by atoms with Crippen molar-refractivity contribution >= 4 is 18.4 Å². The highest BCUT2D eigenvalue weighted by Gasteiger charge is 1.91. The van der Waals surface area contributed by atoms with E-state index in [9.17, 15) is 4.79 Å². The summed E-state index contributed by atoms with van der Waals surface area (Å²) >= 11 is 0. The zero-order chi connectivity index (χ0) is 12.1. The molecule has 2 aromatic carbocycles. The summed E-state index contributed by atoms with van der Waals surface area (Å²) in [5, 5.41) is 0. The molecule has 0 aliphatic heterocycles. The first kappa shape index (κ1) is 11.3. The van der Waals surface area contributed by atoms with Gasteiger partial charge < -0.3 is 0 Å². The van der Waals surface area contributed by atoms with Gasteiger partial charge in [-0.2, -0.15) is 0 Å². The molecule has 1 nitrogen and oxygen atoms in total. The van der Waals surface area contributed by atoms with Crippen molar-refractivity contribution in [1.82, 2.24) is 0 Å². The standard InChI is InChI=1S/C16H14O/c1-13-5-7-14(8-6-13)9-10-15-3-2-4-16(11-15)12-17/h2-12H,1H3/b10-9+. The van der Waals surface area contributed by atoms with Gasteiger partial charge in [0, 0.05) is 5.56 Å². The highest BCUT2D eigenvalue weighted by Crippen LogP contribution is 2.10. The van der Waals surface area contributed by atoms with Crippen molar-refractivity contribution in [3.63, 3.8) is 0 Å². The average Bonchev–Trinajstić information content (AvgIpc) is 2.38. The Morgan fingerprint density at radius 2 is 1.47 bits per heavy atom. The lowest BCUT2D eigenvalue weighted by Crippen LogP contribution is -1.80. The van der Waals surface area contributed by atoms with Crippen molar-refractivity contribution in [2.24, 2.45) is 0 Å². The van der Waals surface area contributed by atoms with Gasteiger partial charge in [-0.3, -0.25) is 4.79 Å². The Labute approximate surface area is 101 Å². The Morgan fingerprint density at radius 1 is 0.824 bits per heavy atom. The lowest BCUT2D eigenvalue weighted by Gasteiger charge is -1.96. The monoisotopic (exact) mass is 222 g/mol. The summed E-state index contributed by atoms with van der Waals surface area (Å²) in [7, 11) is 0. The average molecular weight is 222 g/mol. The number of hydrogen-bond donors (Lipinski definition) is 0. The first-order chi connectivity index (χ1) is 8.28. The Balaban J connectivity index is 2.19. The third kappa shape index (κ3) is 3.15. The number of rotatable bonds is 3. The van der Waals surface area contributed by atoms with E-state index in [0.717, 1.165) is 17.4 Å². The van der Waals surface area contributed by atoms with E-state index in [0.29, 0.717) is 5.56 Å². The molecule has 0 amide bonds.